The minimum atomic E-state index is -0.936. The number of nitrogens with one attached hydrogen (secondary N) is 4. The second-order valence-electron chi connectivity index (χ2n) is 16.5. The van der Waals surface area contributed by atoms with Crippen LogP contribution < -0.4 is 27.0 Å². The molecule has 4 aromatic rings. The Morgan fingerprint density at radius 1 is 0.902 bits per heavy atom. The van der Waals surface area contributed by atoms with Crippen molar-refractivity contribution in [2.75, 3.05) is 36.1 Å². The van der Waals surface area contributed by atoms with Crippen LogP contribution in [0.3, 0.4) is 0 Å². The molecule has 1 aliphatic heterocycles. The van der Waals surface area contributed by atoms with Gasteiger partial charge in [-0.3, -0.25) is 24.0 Å². The molecule has 3 aromatic carbocycles. The van der Waals surface area contributed by atoms with E-state index in [2.05, 4.69) is 26.3 Å². The van der Waals surface area contributed by atoms with Crippen molar-refractivity contribution >= 4 is 57.9 Å². The van der Waals surface area contributed by atoms with E-state index in [0.717, 1.165) is 60.2 Å². The second kappa shape index (κ2) is 22.3. The number of aliphatic hydroxyl groups is 1. The average Bonchev–Trinajstić information content (AvgIpc) is 3.85. The smallest absolute Gasteiger partial charge is 0.255 e. The standard InChI is InChI=1S/C46H59N7O7S/c1-30-41(61-29-49-30)32-18-16-31(17-19-32)26-48-44(58)38-25-35(54)27-53(38)45(59)42(46(2,3)4)52-40(56)28-60-24-12-8-6-5-7-9-15-39(55)50-34-22-20-33(21-23-34)43(57)51-37-14-11-10-13-36(37)47/h10-11,13-14,16-23,29,35,38,42,54H,5-9,12,15,24-28,47H2,1-4H3,(H,48,58)(H,50,55)(H,51,57)(H,52,56)/t35?,38?,42-/m1/s1. The molecule has 5 amide bonds. The first kappa shape index (κ1) is 46.4. The number of aliphatic hydroxyl groups excluding tert-OH is 1. The minimum Gasteiger partial charge on any atom is -0.397 e. The van der Waals surface area contributed by atoms with Gasteiger partial charge in [0.25, 0.3) is 5.91 Å². The number of amides is 5. The molecule has 14 nitrogen and oxygen atoms in total. The fourth-order valence-corrected chi connectivity index (χ4v) is 7.89. The number of aryl methyl sites for hydroxylation is 1. The van der Waals surface area contributed by atoms with Gasteiger partial charge in [0.15, 0.2) is 0 Å². The molecule has 5 rings (SSSR count). The van der Waals surface area contributed by atoms with E-state index in [9.17, 15) is 29.1 Å². The Hall–Kier alpha value is -5.64. The van der Waals surface area contributed by atoms with E-state index in [1.54, 1.807) is 59.9 Å². The number of nitrogens with zero attached hydrogens (tertiary/aromatic N) is 2. The first-order valence-corrected chi connectivity index (χ1v) is 21.8. The summed E-state index contributed by atoms with van der Waals surface area (Å²) in [6.07, 6.45) is 4.89. The van der Waals surface area contributed by atoms with Crippen molar-refractivity contribution in [2.24, 2.45) is 5.41 Å². The first-order chi connectivity index (χ1) is 29.2. The van der Waals surface area contributed by atoms with Gasteiger partial charge in [0, 0.05) is 43.8 Å². The number of carbonyl (C=O) groups is 5. The lowest BCUT2D eigenvalue weighted by atomic mass is 9.85. The van der Waals surface area contributed by atoms with Gasteiger partial charge >= 0.3 is 0 Å². The quantitative estimate of drug-likeness (QED) is 0.0427. The van der Waals surface area contributed by atoms with Gasteiger partial charge < -0.3 is 41.7 Å². The molecule has 3 atom stereocenters. The number of nitrogen functional groups attached to an aromatic ring is 1. The normalized spacial score (nSPS) is 15.5. The molecule has 0 saturated carbocycles. The molecule has 326 valence electrons. The van der Waals surface area contributed by atoms with Crippen LogP contribution in [0.1, 0.15) is 93.8 Å². The molecule has 15 heteroatoms. The van der Waals surface area contributed by atoms with E-state index in [4.69, 9.17) is 10.5 Å². The second-order valence-corrected chi connectivity index (χ2v) is 17.4. The van der Waals surface area contributed by atoms with Crippen LogP contribution in [0.25, 0.3) is 10.4 Å². The van der Waals surface area contributed by atoms with Crippen molar-refractivity contribution in [1.29, 1.82) is 0 Å². The minimum absolute atomic E-state index is 0.00406. The number of nitrogens with two attached hydrogens (primary N) is 1. The Kier molecular flexibility index (Phi) is 17.0. The number of anilines is 3. The van der Waals surface area contributed by atoms with E-state index in [-0.39, 0.29) is 43.8 Å². The summed E-state index contributed by atoms with van der Waals surface area (Å²) in [6.45, 7) is 7.93. The Morgan fingerprint density at radius 3 is 2.26 bits per heavy atom. The Morgan fingerprint density at radius 2 is 1.59 bits per heavy atom. The van der Waals surface area contributed by atoms with Crippen molar-refractivity contribution in [3.05, 3.63) is 95.1 Å². The molecule has 7 N–H and O–H groups in total. The molecule has 0 spiro atoms. The third-order valence-corrected chi connectivity index (χ3v) is 11.5. The van der Waals surface area contributed by atoms with Gasteiger partial charge in [-0.05, 0) is 72.7 Å². The maximum atomic E-state index is 13.9. The Labute approximate surface area is 362 Å². The van der Waals surface area contributed by atoms with Crippen LogP contribution in [-0.2, 0) is 30.5 Å². The molecule has 61 heavy (non-hydrogen) atoms. The number of thiazole rings is 1. The van der Waals surface area contributed by atoms with Crippen molar-refractivity contribution < 1.29 is 33.8 Å². The predicted octanol–water partition coefficient (Wildman–Crippen LogP) is 6.45. The topological polar surface area (TPSA) is 205 Å². The van der Waals surface area contributed by atoms with Gasteiger partial charge in [0.2, 0.25) is 23.6 Å². The fourth-order valence-electron chi connectivity index (χ4n) is 7.08. The number of benzene rings is 3. The van der Waals surface area contributed by atoms with Crippen LogP contribution in [0, 0.1) is 12.3 Å². The van der Waals surface area contributed by atoms with Crippen molar-refractivity contribution in [1.82, 2.24) is 20.5 Å². The summed E-state index contributed by atoms with van der Waals surface area (Å²) >= 11 is 1.57. The molecule has 1 saturated heterocycles. The van der Waals surface area contributed by atoms with E-state index >= 15 is 0 Å². The highest BCUT2D eigenvalue weighted by atomic mass is 32.1. The van der Waals surface area contributed by atoms with Crippen LogP contribution in [0.5, 0.6) is 0 Å². The maximum absolute atomic E-state index is 13.9. The number of aromatic nitrogens is 1. The zero-order valence-corrected chi connectivity index (χ0v) is 36.3. The summed E-state index contributed by atoms with van der Waals surface area (Å²) in [6, 6.07) is 19.8. The van der Waals surface area contributed by atoms with Gasteiger partial charge in [0.1, 0.15) is 18.7 Å². The zero-order chi connectivity index (χ0) is 43.9. The van der Waals surface area contributed by atoms with Crippen molar-refractivity contribution in [3.63, 3.8) is 0 Å². The van der Waals surface area contributed by atoms with Crippen LogP contribution in [0.4, 0.5) is 17.1 Å². The third-order valence-electron chi connectivity index (χ3n) is 10.5. The number of hydrogen-bond acceptors (Lipinski definition) is 10. The highest BCUT2D eigenvalue weighted by Gasteiger charge is 2.44. The van der Waals surface area contributed by atoms with Crippen LogP contribution in [0.15, 0.2) is 78.3 Å². The number of unbranched alkanes of at least 4 members (excludes halogenated alkanes) is 5. The number of rotatable bonds is 20. The van der Waals surface area contributed by atoms with Crippen LogP contribution >= 0.6 is 11.3 Å². The molecule has 0 aliphatic carbocycles. The summed E-state index contributed by atoms with van der Waals surface area (Å²) in [4.78, 5) is 72.1. The number of para-hydroxylation sites is 2. The van der Waals surface area contributed by atoms with Crippen LogP contribution in [-0.4, -0.2) is 82.5 Å². The Balaban J connectivity index is 0.945. The third kappa shape index (κ3) is 13.9. The fraction of sp³-hybridized carbons (Fsp3) is 0.435. The predicted molar refractivity (Wildman–Crippen MR) is 239 cm³/mol. The maximum Gasteiger partial charge on any atom is 0.255 e. The molecule has 2 heterocycles. The monoisotopic (exact) mass is 853 g/mol. The SMILES string of the molecule is Cc1ncsc1-c1ccc(CNC(=O)C2CC(O)CN2C(=O)[C@@H](NC(=O)COCCCCCCCCC(=O)Nc2ccc(C(=O)Nc3ccccc3N)cc2)C(C)(C)C)cc1. The Bertz CT molecular complexity index is 2100. The number of β-amino-alcohol motifs (C(OH)–C–C–N with tert-alkyl or cyclic N) is 1. The summed E-state index contributed by atoms with van der Waals surface area (Å²) in [7, 11) is 0. The largest absolute Gasteiger partial charge is 0.397 e. The molecule has 2 unspecified atom stereocenters. The van der Waals surface area contributed by atoms with Gasteiger partial charge in [-0.2, -0.15) is 0 Å². The highest BCUT2D eigenvalue weighted by molar-refractivity contribution is 7.13. The van der Waals surface area contributed by atoms with Crippen LogP contribution in [0.2, 0.25) is 0 Å². The van der Waals surface area contributed by atoms with Crippen molar-refractivity contribution in [2.45, 2.75) is 104 Å². The first-order valence-electron chi connectivity index (χ1n) is 20.9. The van der Waals surface area contributed by atoms with E-state index < -0.39 is 35.4 Å². The number of likely N-dealkylation sites (tertiary alicyclic amines) is 1. The molecule has 1 aliphatic rings. The van der Waals surface area contributed by atoms with Gasteiger partial charge in [-0.15, -0.1) is 11.3 Å². The summed E-state index contributed by atoms with van der Waals surface area (Å²) in [5, 5.41) is 21.9. The van der Waals surface area contributed by atoms with E-state index in [0.29, 0.717) is 35.7 Å². The lowest BCUT2D eigenvalue weighted by Gasteiger charge is -2.35. The summed E-state index contributed by atoms with van der Waals surface area (Å²) in [5.41, 5.74) is 12.0. The lowest BCUT2D eigenvalue weighted by Crippen LogP contribution is -2.58. The molecule has 0 radical (unpaired) electrons. The number of ether oxygens (including phenoxy) is 1. The summed E-state index contributed by atoms with van der Waals surface area (Å²) < 4.78 is 5.64. The van der Waals surface area contributed by atoms with Gasteiger partial charge in [-0.1, -0.05) is 82.9 Å². The van der Waals surface area contributed by atoms with Crippen molar-refractivity contribution in [3.8, 4) is 10.4 Å². The summed E-state index contributed by atoms with van der Waals surface area (Å²) in [5.74, 6) is -1.60. The highest BCUT2D eigenvalue weighted by Crippen LogP contribution is 2.28. The number of carbonyl (C=O) groups excluding carboxylic acids is 5. The van der Waals surface area contributed by atoms with Gasteiger partial charge in [0.05, 0.1) is 33.6 Å². The zero-order valence-electron chi connectivity index (χ0n) is 35.5. The van der Waals surface area contributed by atoms with E-state index in [1.165, 1.54) is 4.90 Å². The molecule has 0 bridgehead atoms. The number of hydrogen-bond donors (Lipinski definition) is 6. The van der Waals surface area contributed by atoms with Gasteiger partial charge in [-0.25, -0.2) is 4.98 Å². The molecule has 1 fully saturated rings. The molecule has 1 aromatic heterocycles. The average molecular weight is 854 g/mol. The molecular formula is C46H59N7O7S. The van der Waals surface area contributed by atoms with E-state index in [1.807, 2.05) is 57.5 Å². The molecular weight excluding hydrogens is 795 g/mol. The lowest BCUT2D eigenvalue weighted by molar-refractivity contribution is -0.144.